The van der Waals surface area contributed by atoms with E-state index in [9.17, 15) is 9.59 Å². The van der Waals surface area contributed by atoms with Gasteiger partial charge < -0.3 is 14.7 Å². The van der Waals surface area contributed by atoms with E-state index in [1.807, 2.05) is 24.1 Å². The third-order valence-corrected chi connectivity index (χ3v) is 5.83. The van der Waals surface area contributed by atoms with Gasteiger partial charge in [-0.2, -0.15) is 5.10 Å². The Labute approximate surface area is 146 Å². The summed E-state index contributed by atoms with van der Waals surface area (Å²) in [6.07, 6.45) is 3.47. The van der Waals surface area contributed by atoms with E-state index in [-0.39, 0.29) is 17.9 Å². The molecular weight excluding hydrogens is 326 g/mol. The smallest absolute Gasteiger partial charge is 0.246 e. The molecule has 0 bridgehead atoms. The van der Waals surface area contributed by atoms with Gasteiger partial charge >= 0.3 is 0 Å². The van der Waals surface area contributed by atoms with E-state index in [0.717, 1.165) is 31.7 Å². The van der Waals surface area contributed by atoms with Crippen molar-refractivity contribution in [1.29, 1.82) is 0 Å². The summed E-state index contributed by atoms with van der Waals surface area (Å²) in [5, 5.41) is 8.07. The van der Waals surface area contributed by atoms with Crippen LogP contribution in [0.4, 0.5) is 5.82 Å². The maximum atomic E-state index is 12.7. The van der Waals surface area contributed by atoms with Crippen LogP contribution in [0.1, 0.15) is 19.8 Å². The van der Waals surface area contributed by atoms with E-state index in [2.05, 4.69) is 15.1 Å². The van der Waals surface area contributed by atoms with Gasteiger partial charge in [-0.15, -0.1) is 16.9 Å². The second-order valence-corrected chi connectivity index (χ2v) is 7.25. The third kappa shape index (κ3) is 3.48. The van der Waals surface area contributed by atoms with Crippen LogP contribution in [0.5, 0.6) is 0 Å². The molecule has 24 heavy (non-hydrogen) atoms. The van der Waals surface area contributed by atoms with Crippen molar-refractivity contribution < 1.29 is 9.59 Å². The standard InChI is InChI=1S/C16H23N5O2S/c1-12(22)21-11-24-10-14(21)16(23)20-8-5-13(6-9-20)19(2)15-4-3-7-17-18-15/h3-4,7,13-14H,5-6,8-11H2,1-2H3. The highest BCUT2D eigenvalue weighted by molar-refractivity contribution is 7.99. The Balaban J connectivity index is 1.57. The normalized spacial score (nSPS) is 21.8. The number of aromatic nitrogens is 2. The summed E-state index contributed by atoms with van der Waals surface area (Å²) >= 11 is 1.65. The van der Waals surface area contributed by atoms with Crippen molar-refractivity contribution in [3.8, 4) is 0 Å². The van der Waals surface area contributed by atoms with Crippen LogP contribution >= 0.6 is 11.8 Å². The van der Waals surface area contributed by atoms with E-state index >= 15 is 0 Å². The third-order valence-electron chi connectivity index (χ3n) is 4.82. The van der Waals surface area contributed by atoms with Crippen molar-refractivity contribution in [2.45, 2.75) is 31.8 Å². The minimum absolute atomic E-state index is 0.0179. The lowest BCUT2D eigenvalue weighted by Crippen LogP contribution is -2.52. The largest absolute Gasteiger partial charge is 0.355 e. The van der Waals surface area contributed by atoms with Gasteiger partial charge in [0.1, 0.15) is 6.04 Å². The zero-order valence-corrected chi connectivity index (χ0v) is 14.9. The number of carbonyl (C=O) groups is 2. The van der Waals surface area contributed by atoms with Crippen LogP contribution < -0.4 is 4.90 Å². The summed E-state index contributed by atoms with van der Waals surface area (Å²) in [6, 6.07) is 3.89. The highest BCUT2D eigenvalue weighted by Crippen LogP contribution is 2.25. The summed E-state index contributed by atoms with van der Waals surface area (Å²) in [5.74, 6) is 2.26. The van der Waals surface area contributed by atoms with Crippen LogP contribution in [0, 0.1) is 0 Å². The fourth-order valence-corrected chi connectivity index (χ4v) is 4.52. The number of nitrogens with zero attached hydrogens (tertiary/aromatic N) is 5. The number of likely N-dealkylation sites (tertiary alicyclic amines) is 1. The molecule has 2 aliphatic heterocycles. The molecular formula is C16H23N5O2S. The molecule has 0 aliphatic carbocycles. The molecule has 3 heterocycles. The summed E-state index contributed by atoms with van der Waals surface area (Å²) < 4.78 is 0. The van der Waals surface area contributed by atoms with Crippen molar-refractivity contribution in [2.24, 2.45) is 0 Å². The van der Waals surface area contributed by atoms with Crippen LogP contribution in [0.2, 0.25) is 0 Å². The fourth-order valence-electron chi connectivity index (χ4n) is 3.31. The Bertz CT molecular complexity index is 591. The molecule has 8 heteroatoms. The second-order valence-electron chi connectivity index (χ2n) is 6.25. The zero-order valence-electron chi connectivity index (χ0n) is 14.1. The van der Waals surface area contributed by atoms with Gasteiger partial charge in [-0.05, 0) is 25.0 Å². The van der Waals surface area contributed by atoms with Crippen molar-refractivity contribution in [2.75, 3.05) is 36.7 Å². The molecule has 0 N–H and O–H groups in total. The molecule has 1 aromatic rings. The van der Waals surface area contributed by atoms with Crippen molar-refractivity contribution in [3.05, 3.63) is 18.3 Å². The van der Waals surface area contributed by atoms with E-state index in [0.29, 0.717) is 17.7 Å². The molecule has 130 valence electrons. The predicted molar refractivity (Wildman–Crippen MR) is 93.7 cm³/mol. The maximum absolute atomic E-state index is 12.7. The van der Waals surface area contributed by atoms with Crippen LogP contribution in [-0.2, 0) is 9.59 Å². The fraction of sp³-hybridized carbons (Fsp3) is 0.625. The summed E-state index contributed by atoms with van der Waals surface area (Å²) in [6.45, 7) is 2.98. The average Bonchev–Trinajstić information content (AvgIpc) is 3.11. The second kappa shape index (κ2) is 7.38. The number of piperidine rings is 1. The number of hydrogen-bond acceptors (Lipinski definition) is 6. The van der Waals surface area contributed by atoms with Crippen LogP contribution in [-0.4, -0.2) is 75.7 Å². The highest BCUT2D eigenvalue weighted by atomic mass is 32.2. The number of hydrogen-bond donors (Lipinski definition) is 0. The summed E-state index contributed by atoms with van der Waals surface area (Å²) in [5.41, 5.74) is 0. The molecule has 3 rings (SSSR count). The predicted octanol–water partition coefficient (Wildman–Crippen LogP) is 0.825. The van der Waals surface area contributed by atoms with Crippen LogP contribution in [0.25, 0.3) is 0 Å². The Morgan fingerprint density at radius 2 is 2.08 bits per heavy atom. The quantitative estimate of drug-likeness (QED) is 0.805. The number of anilines is 1. The van der Waals surface area contributed by atoms with Crippen molar-refractivity contribution >= 4 is 29.4 Å². The van der Waals surface area contributed by atoms with Gasteiger partial charge in [0.2, 0.25) is 11.8 Å². The Hall–Kier alpha value is -1.83. The van der Waals surface area contributed by atoms with E-state index in [4.69, 9.17) is 0 Å². The number of amides is 2. The first-order chi connectivity index (χ1) is 11.6. The van der Waals surface area contributed by atoms with Gasteiger partial charge in [0, 0.05) is 45.1 Å². The minimum Gasteiger partial charge on any atom is -0.355 e. The molecule has 1 atom stereocenters. The molecule has 0 aromatic carbocycles. The lowest BCUT2D eigenvalue weighted by molar-refractivity contribution is -0.143. The first-order valence-corrected chi connectivity index (χ1v) is 9.37. The summed E-state index contributed by atoms with van der Waals surface area (Å²) in [7, 11) is 2.03. The van der Waals surface area contributed by atoms with Gasteiger partial charge in [-0.25, -0.2) is 0 Å². The Morgan fingerprint density at radius 1 is 1.33 bits per heavy atom. The monoisotopic (exact) mass is 349 g/mol. The number of carbonyl (C=O) groups excluding carboxylic acids is 2. The molecule has 2 fully saturated rings. The van der Waals surface area contributed by atoms with Gasteiger partial charge in [0.15, 0.2) is 5.82 Å². The molecule has 2 amide bonds. The number of thioether (sulfide) groups is 1. The zero-order chi connectivity index (χ0) is 17.1. The maximum Gasteiger partial charge on any atom is 0.246 e. The SMILES string of the molecule is CC(=O)N1CSCC1C(=O)N1CCC(N(C)c2cccnn2)CC1. The van der Waals surface area contributed by atoms with Crippen LogP contribution in [0.3, 0.4) is 0 Å². The van der Waals surface area contributed by atoms with Crippen molar-refractivity contribution in [1.82, 2.24) is 20.0 Å². The van der Waals surface area contributed by atoms with E-state index < -0.39 is 0 Å². The van der Waals surface area contributed by atoms with Crippen LogP contribution in [0.15, 0.2) is 18.3 Å². The highest BCUT2D eigenvalue weighted by Gasteiger charge is 2.37. The Morgan fingerprint density at radius 3 is 2.71 bits per heavy atom. The summed E-state index contributed by atoms with van der Waals surface area (Å²) in [4.78, 5) is 30.1. The Kier molecular flexibility index (Phi) is 5.23. The van der Waals surface area contributed by atoms with E-state index in [1.165, 1.54) is 6.92 Å². The first-order valence-electron chi connectivity index (χ1n) is 8.22. The molecule has 0 spiro atoms. The molecule has 7 nitrogen and oxygen atoms in total. The topological polar surface area (TPSA) is 69.6 Å². The first kappa shape index (κ1) is 17.0. The van der Waals surface area contributed by atoms with Gasteiger partial charge in [0.05, 0.1) is 5.88 Å². The molecule has 0 radical (unpaired) electrons. The molecule has 0 saturated carbocycles. The molecule has 2 saturated heterocycles. The molecule has 2 aliphatic rings. The molecule has 1 aromatic heterocycles. The molecule has 1 unspecified atom stereocenters. The minimum atomic E-state index is -0.290. The average molecular weight is 349 g/mol. The van der Waals surface area contributed by atoms with Crippen molar-refractivity contribution in [3.63, 3.8) is 0 Å². The van der Waals surface area contributed by atoms with Gasteiger partial charge in [-0.1, -0.05) is 0 Å². The van der Waals surface area contributed by atoms with Gasteiger partial charge in [0.25, 0.3) is 0 Å². The van der Waals surface area contributed by atoms with Gasteiger partial charge in [-0.3, -0.25) is 9.59 Å². The van der Waals surface area contributed by atoms with E-state index in [1.54, 1.807) is 22.9 Å². The number of rotatable bonds is 3. The lowest BCUT2D eigenvalue weighted by atomic mass is 10.0. The lowest BCUT2D eigenvalue weighted by Gasteiger charge is -2.38.